The first-order chi connectivity index (χ1) is 6.75. The van der Waals surface area contributed by atoms with Crippen LogP contribution in [0.2, 0.25) is 0 Å². The average molecular weight is 193 g/mol. The maximum Gasteiger partial charge on any atom is 0.290 e. The second-order valence-electron chi connectivity index (χ2n) is 3.92. The molecule has 0 aliphatic heterocycles. The Morgan fingerprint density at radius 3 is 3.00 bits per heavy atom. The van der Waals surface area contributed by atoms with Crippen molar-refractivity contribution in [1.29, 1.82) is 0 Å². The van der Waals surface area contributed by atoms with Crippen LogP contribution in [0, 0.1) is 0 Å². The van der Waals surface area contributed by atoms with Crippen molar-refractivity contribution >= 4 is 5.82 Å². The monoisotopic (exact) mass is 193 g/mol. The van der Waals surface area contributed by atoms with Crippen LogP contribution < -0.4 is 15.6 Å². The second-order valence-corrected chi connectivity index (χ2v) is 3.92. The predicted octanol–water partition coefficient (Wildman–Crippen LogP) is 0.130. The minimum absolute atomic E-state index is 0.692. The van der Waals surface area contributed by atoms with Crippen LogP contribution in [0.25, 0.3) is 0 Å². The van der Waals surface area contributed by atoms with Gasteiger partial charge in [-0.3, -0.25) is 5.73 Å². The summed E-state index contributed by atoms with van der Waals surface area (Å²) in [4.78, 5) is 4.26. The van der Waals surface area contributed by atoms with Gasteiger partial charge in [0.05, 0.1) is 12.7 Å². The summed E-state index contributed by atoms with van der Waals surface area (Å²) < 4.78 is 1.89. The van der Waals surface area contributed by atoms with Crippen molar-refractivity contribution in [3.05, 3.63) is 18.1 Å². The van der Waals surface area contributed by atoms with Crippen LogP contribution in [0.3, 0.4) is 0 Å². The minimum atomic E-state index is 0.692. The summed E-state index contributed by atoms with van der Waals surface area (Å²) in [6, 6.07) is 0.708. The molecular weight excluding hydrogens is 176 g/mol. The SMILES string of the molecule is C[n+]1cc(CNC2CCC2)ncc1N. The summed E-state index contributed by atoms with van der Waals surface area (Å²) in [7, 11) is 1.93. The Hall–Kier alpha value is -1.16. The van der Waals surface area contributed by atoms with Crippen molar-refractivity contribution in [2.75, 3.05) is 5.73 Å². The number of aromatic nitrogens is 2. The Morgan fingerprint density at radius 1 is 1.64 bits per heavy atom. The Labute approximate surface area is 84.2 Å². The molecule has 1 aromatic rings. The molecule has 1 saturated carbocycles. The molecule has 0 saturated heterocycles. The zero-order valence-corrected chi connectivity index (χ0v) is 8.53. The van der Waals surface area contributed by atoms with Gasteiger partial charge in [0.15, 0.2) is 0 Å². The Kier molecular flexibility index (Phi) is 2.63. The third-order valence-corrected chi connectivity index (χ3v) is 2.79. The summed E-state index contributed by atoms with van der Waals surface area (Å²) in [6.07, 6.45) is 7.65. The molecule has 0 spiro atoms. The Balaban J connectivity index is 1.91. The highest BCUT2D eigenvalue weighted by Gasteiger charge is 2.16. The molecule has 14 heavy (non-hydrogen) atoms. The molecule has 3 N–H and O–H groups in total. The predicted molar refractivity (Wildman–Crippen MR) is 54.3 cm³/mol. The van der Waals surface area contributed by atoms with Gasteiger partial charge in [-0.25, -0.2) is 9.55 Å². The van der Waals surface area contributed by atoms with Gasteiger partial charge in [-0.15, -0.1) is 0 Å². The molecule has 4 nitrogen and oxygen atoms in total. The number of hydrogen-bond donors (Lipinski definition) is 2. The molecule has 1 heterocycles. The first-order valence-electron chi connectivity index (χ1n) is 5.09. The Morgan fingerprint density at radius 2 is 2.43 bits per heavy atom. The zero-order valence-electron chi connectivity index (χ0n) is 8.53. The number of nitrogens with one attached hydrogen (secondary N) is 1. The average Bonchev–Trinajstić information content (AvgIpc) is 2.08. The van der Waals surface area contributed by atoms with E-state index in [4.69, 9.17) is 5.73 Å². The van der Waals surface area contributed by atoms with Gasteiger partial charge in [-0.05, 0) is 12.8 Å². The molecule has 0 unspecified atom stereocenters. The third-order valence-electron chi connectivity index (χ3n) is 2.79. The van der Waals surface area contributed by atoms with Gasteiger partial charge in [-0.2, -0.15) is 0 Å². The van der Waals surface area contributed by atoms with Gasteiger partial charge < -0.3 is 5.32 Å². The lowest BCUT2D eigenvalue weighted by Gasteiger charge is -2.26. The molecule has 76 valence electrons. The normalized spacial score (nSPS) is 16.6. The lowest BCUT2D eigenvalue weighted by Crippen LogP contribution is -2.37. The van der Waals surface area contributed by atoms with Crippen LogP contribution in [0.1, 0.15) is 25.0 Å². The number of rotatable bonds is 3. The first kappa shape index (κ1) is 9.40. The molecule has 0 amide bonds. The van der Waals surface area contributed by atoms with Crippen LogP contribution in [0.4, 0.5) is 5.82 Å². The maximum atomic E-state index is 5.66. The van der Waals surface area contributed by atoms with Gasteiger partial charge in [0.2, 0.25) is 0 Å². The van der Waals surface area contributed by atoms with E-state index in [1.807, 2.05) is 17.8 Å². The van der Waals surface area contributed by atoms with E-state index in [1.54, 1.807) is 6.20 Å². The molecule has 1 fully saturated rings. The zero-order chi connectivity index (χ0) is 9.97. The lowest BCUT2D eigenvalue weighted by atomic mass is 9.93. The third kappa shape index (κ3) is 2.01. The van der Waals surface area contributed by atoms with E-state index in [9.17, 15) is 0 Å². The number of anilines is 1. The largest absolute Gasteiger partial charge is 0.308 e. The van der Waals surface area contributed by atoms with Crippen molar-refractivity contribution in [2.45, 2.75) is 31.8 Å². The van der Waals surface area contributed by atoms with Crippen LogP contribution in [-0.2, 0) is 13.6 Å². The van der Waals surface area contributed by atoms with Gasteiger partial charge >= 0.3 is 0 Å². The fraction of sp³-hybridized carbons (Fsp3) is 0.600. The van der Waals surface area contributed by atoms with Crippen LogP contribution in [0.15, 0.2) is 12.4 Å². The summed E-state index contributed by atoms with van der Waals surface area (Å²) in [5, 5.41) is 3.47. The van der Waals surface area contributed by atoms with Crippen molar-refractivity contribution in [3.63, 3.8) is 0 Å². The lowest BCUT2D eigenvalue weighted by molar-refractivity contribution is -0.657. The highest BCUT2D eigenvalue weighted by Crippen LogP contribution is 2.18. The number of nitrogens with zero attached hydrogens (tertiary/aromatic N) is 2. The standard InChI is InChI=1S/C10H16N4/c1-14-7-9(13-6-10(14)11)5-12-8-3-2-4-8/h6-8,11-12H,2-5H2,1H3/p+1. The number of nitrogen functional groups attached to an aromatic ring is 1. The Bertz CT molecular complexity index is 320. The van der Waals surface area contributed by atoms with E-state index in [2.05, 4.69) is 10.3 Å². The molecule has 0 radical (unpaired) electrons. The quantitative estimate of drug-likeness (QED) is 0.671. The summed E-state index contributed by atoms with van der Waals surface area (Å²) in [5.41, 5.74) is 6.71. The molecule has 0 bridgehead atoms. The van der Waals surface area contributed by atoms with Crippen LogP contribution in [-0.4, -0.2) is 11.0 Å². The molecule has 1 aliphatic rings. The topological polar surface area (TPSA) is 54.8 Å². The molecule has 0 atom stereocenters. The molecule has 4 heteroatoms. The van der Waals surface area contributed by atoms with E-state index in [-0.39, 0.29) is 0 Å². The van der Waals surface area contributed by atoms with Crippen molar-refractivity contribution < 1.29 is 4.57 Å². The number of hydrogen-bond acceptors (Lipinski definition) is 3. The smallest absolute Gasteiger partial charge is 0.290 e. The van der Waals surface area contributed by atoms with Crippen LogP contribution in [0.5, 0.6) is 0 Å². The molecule has 1 aliphatic carbocycles. The number of nitrogens with two attached hydrogens (primary N) is 1. The van der Waals surface area contributed by atoms with E-state index >= 15 is 0 Å². The highest BCUT2D eigenvalue weighted by molar-refractivity contribution is 5.15. The molecular formula is C10H17N4+. The number of aryl methyl sites for hydroxylation is 1. The fourth-order valence-electron chi connectivity index (χ4n) is 1.52. The molecule has 0 aromatic carbocycles. The highest BCUT2D eigenvalue weighted by atomic mass is 15.0. The van der Waals surface area contributed by atoms with Gasteiger partial charge in [0.1, 0.15) is 12.4 Å². The van der Waals surface area contributed by atoms with Crippen molar-refractivity contribution in [1.82, 2.24) is 10.3 Å². The van der Waals surface area contributed by atoms with Crippen molar-refractivity contribution in [3.8, 4) is 0 Å². The summed E-state index contributed by atoms with van der Waals surface area (Å²) >= 11 is 0. The summed E-state index contributed by atoms with van der Waals surface area (Å²) in [5.74, 6) is 0.692. The fourth-order valence-corrected chi connectivity index (χ4v) is 1.52. The van der Waals surface area contributed by atoms with E-state index < -0.39 is 0 Å². The molecule has 1 aromatic heterocycles. The first-order valence-corrected chi connectivity index (χ1v) is 5.09. The summed E-state index contributed by atoms with van der Waals surface area (Å²) in [6.45, 7) is 0.846. The van der Waals surface area contributed by atoms with Gasteiger partial charge in [0.25, 0.3) is 5.82 Å². The van der Waals surface area contributed by atoms with Crippen LogP contribution >= 0.6 is 0 Å². The second kappa shape index (κ2) is 3.92. The van der Waals surface area contributed by atoms with E-state index in [0.717, 1.165) is 12.2 Å². The van der Waals surface area contributed by atoms with Gasteiger partial charge in [0, 0.05) is 12.6 Å². The minimum Gasteiger partial charge on any atom is -0.308 e. The molecule has 2 rings (SSSR count). The maximum absolute atomic E-state index is 5.66. The van der Waals surface area contributed by atoms with Gasteiger partial charge in [-0.1, -0.05) is 6.42 Å². The van der Waals surface area contributed by atoms with E-state index in [0.29, 0.717) is 11.9 Å². The van der Waals surface area contributed by atoms with Crippen molar-refractivity contribution in [2.24, 2.45) is 7.05 Å². The van der Waals surface area contributed by atoms with E-state index in [1.165, 1.54) is 19.3 Å².